The zero-order valence-electron chi connectivity index (χ0n) is 17.5. The summed E-state index contributed by atoms with van der Waals surface area (Å²) in [4.78, 5) is 24.7. The minimum absolute atomic E-state index is 0.193. The van der Waals surface area contributed by atoms with Crippen molar-refractivity contribution < 1.29 is 14.3 Å². The minimum Gasteiger partial charge on any atom is -0.497 e. The zero-order chi connectivity index (χ0) is 23.1. The average molecular weight is 470 g/mol. The molecule has 0 unspecified atom stereocenters. The normalized spacial score (nSPS) is 11.1. The molecule has 0 aliphatic rings. The van der Waals surface area contributed by atoms with Crippen molar-refractivity contribution in [2.24, 2.45) is 5.10 Å². The quantitative estimate of drug-likeness (QED) is 0.362. The predicted octanol–water partition coefficient (Wildman–Crippen LogP) is 5.34. The molecule has 0 bridgehead atoms. The number of hydrazone groups is 1. The number of methoxy groups -OCH3 is 1. The molecule has 0 saturated heterocycles. The standard InChI is InChI=1S/C24H21Cl2N3O3/c1-15(28-29-23(30)12-16-6-9-20(32-2)10-7-16)17-4-3-5-19(13-17)27-24(31)21-11-8-18(25)14-22(21)26/h3-11,13-14H,12H2,1-2H3,(H,27,31)(H,29,30)/b28-15-. The molecule has 2 N–H and O–H groups in total. The van der Waals surface area contributed by atoms with E-state index in [1.165, 1.54) is 6.07 Å². The Balaban J connectivity index is 1.63. The van der Waals surface area contributed by atoms with Gasteiger partial charge in [0.15, 0.2) is 0 Å². The number of amides is 2. The fourth-order valence-electron chi connectivity index (χ4n) is 2.87. The van der Waals surface area contributed by atoms with E-state index in [9.17, 15) is 9.59 Å². The maximum absolute atomic E-state index is 12.5. The van der Waals surface area contributed by atoms with Gasteiger partial charge in [-0.3, -0.25) is 9.59 Å². The first-order valence-corrected chi connectivity index (χ1v) is 10.4. The van der Waals surface area contributed by atoms with Gasteiger partial charge < -0.3 is 10.1 Å². The Kier molecular flexibility index (Phi) is 7.87. The molecule has 0 atom stereocenters. The number of nitrogens with one attached hydrogen (secondary N) is 2. The van der Waals surface area contributed by atoms with Crippen molar-refractivity contribution in [2.45, 2.75) is 13.3 Å². The first kappa shape index (κ1) is 23.3. The van der Waals surface area contributed by atoms with Crippen molar-refractivity contribution in [1.29, 1.82) is 0 Å². The second kappa shape index (κ2) is 10.8. The number of carbonyl (C=O) groups is 2. The van der Waals surface area contributed by atoms with Crippen LogP contribution in [0.4, 0.5) is 5.69 Å². The third-order valence-corrected chi connectivity index (χ3v) is 5.13. The van der Waals surface area contributed by atoms with Crippen molar-refractivity contribution in [2.75, 3.05) is 12.4 Å². The Hall–Kier alpha value is -3.35. The molecule has 3 rings (SSSR count). The molecule has 8 heteroatoms. The number of benzene rings is 3. The van der Waals surface area contributed by atoms with E-state index >= 15 is 0 Å². The minimum atomic E-state index is -0.355. The molecule has 0 radical (unpaired) electrons. The van der Waals surface area contributed by atoms with Crippen molar-refractivity contribution in [1.82, 2.24) is 5.43 Å². The third kappa shape index (κ3) is 6.33. The van der Waals surface area contributed by atoms with Crippen LogP contribution in [-0.2, 0) is 11.2 Å². The van der Waals surface area contributed by atoms with Gasteiger partial charge in [0, 0.05) is 10.7 Å². The topological polar surface area (TPSA) is 79.8 Å². The fourth-order valence-corrected chi connectivity index (χ4v) is 3.37. The van der Waals surface area contributed by atoms with Crippen molar-refractivity contribution in [3.05, 3.63) is 93.5 Å². The van der Waals surface area contributed by atoms with Crippen molar-refractivity contribution >= 4 is 46.4 Å². The third-order valence-electron chi connectivity index (χ3n) is 4.59. The lowest BCUT2D eigenvalue weighted by Crippen LogP contribution is -2.21. The second-order valence-corrected chi connectivity index (χ2v) is 7.76. The van der Waals surface area contributed by atoms with Gasteiger partial charge in [-0.1, -0.05) is 47.5 Å². The summed E-state index contributed by atoms with van der Waals surface area (Å²) < 4.78 is 5.11. The number of rotatable bonds is 7. The van der Waals surface area contributed by atoms with Crippen LogP contribution >= 0.6 is 23.2 Å². The lowest BCUT2D eigenvalue weighted by atomic mass is 10.1. The summed E-state index contributed by atoms with van der Waals surface area (Å²) in [5.74, 6) is 0.135. The van der Waals surface area contributed by atoms with E-state index in [0.29, 0.717) is 22.0 Å². The van der Waals surface area contributed by atoms with Crippen molar-refractivity contribution in [3.8, 4) is 5.75 Å². The van der Waals surface area contributed by atoms with Gasteiger partial charge in [-0.2, -0.15) is 5.10 Å². The highest BCUT2D eigenvalue weighted by Gasteiger charge is 2.12. The van der Waals surface area contributed by atoms with Crippen LogP contribution in [0, 0.1) is 0 Å². The van der Waals surface area contributed by atoms with Gasteiger partial charge in [0.1, 0.15) is 5.75 Å². The van der Waals surface area contributed by atoms with Gasteiger partial charge in [-0.25, -0.2) is 5.43 Å². The molecule has 0 aromatic heterocycles. The van der Waals surface area contributed by atoms with Crippen LogP contribution in [0.1, 0.15) is 28.4 Å². The Morgan fingerprint density at radius 3 is 2.44 bits per heavy atom. The van der Waals surface area contributed by atoms with Gasteiger partial charge in [0.2, 0.25) is 5.91 Å². The van der Waals surface area contributed by atoms with Crippen LogP contribution in [0.25, 0.3) is 0 Å². The van der Waals surface area contributed by atoms with E-state index < -0.39 is 0 Å². The second-order valence-electron chi connectivity index (χ2n) is 6.92. The predicted molar refractivity (Wildman–Crippen MR) is 128 cm³/mol. The first-order valence-electron chi connectivity index (χ1n) is 9.68. The Bertz CT molecular complexity index is 1160. The maximum atomic E-state index is 12.5. The molecule has 0 fully saturated rings. The molecule has 2 amide bonds. The summed E-state index contributed by atoms with van der Waals surface area (Å²) in [6.07, 6.45) is 0.193. The highest BCUT2D eigenvalue weighted by atomic mass is 35.5. The number of anilines is 1. The fraction of sp³-hybridized carbons (Fsp3) is 0.125. The molecule has 6 nitrogen and oxygen atoms in total. The number of carbonyl (C=O) groups excluding carboxylic acids is 2. The van der Waals surface area contributed by atoms with E-state index in [4.69, 9.17) is 27.9 Å². The molecule has 0 spiro atoms. The summed E-state index contributed by atoms with van der Waals surface area (Å²) in [6.45, 7) is 1.77. The summed E-state index contributed by atoms with van der Waals surface area (Å²) in [7, 11) is 1.59. The number of hydrogen-bond acceptors (Lipinski definition) is 4. The number of nitrogens with zero attached hydrogens (tertiary/aromatic N) is 1. The first-order chi connectivity index (χ1) is 15.4. The van der Waals surface area contributed by atoms with E-state index in [2.05, 4.69) is 15.8 Å². The molecule has 0 saturated carbocycles. The summed E-state index contributed by atoms with van der Waals surface area (Å²) in [6, 6.07) is 19.1. The molecule has 0 aliphatic heterocycles. The molecule has 3 aromatic carbocycles. The average Bonchev–Trinajstić information content (AvgIpc) is 2.78. The lowest BCUT2D eigenvalue weighted by molar-refractivity contribution is -0.120. The van der Waals surface area contributed by atoms with E-state index in [1.807, 2.05) is 18.2 Å². The SMILES string of the molecule is COc1ccc(CC(=O)N/N=C(/C)c2cccc(NC(=O)c3ccc(Cl)cc3Cl)c2)cc1. The van der Waals surface area contributed by atoms with Gasteiger partial charge >= 0.3 is 0 Å². The Morgan fingerprint density at radius 1 is 1.00 bits per heavy atom. The van der Waals surface area contributed by atoms with E-state index in [0.717, 1.165) is 16.9 Å². The number of ether oxygens (including phenoxy) is 1. The van der Waals surface area contributed by atoms with Crippen LogP contribution in [0.15, 0.2) is 71.8 Å². The molecule has 3 aromatic rings. The highest BCUT2D eigenvalue weighted by molar-refractivity contribution is 6.37. The molecular formula is C24H21Cl2N3O3. The summed E-state index contributed by atoms with van der Waals surface area (Å²) in [5.41, 5.74) is 5.63. The van der Waals surface area contributed by atoms with Crippen molar-refractivity contribution in [3.63, 3.8) is 0 Å². The lowest BCUT2D eigenvalue weighted by Gasteiger charge is -2.09. The van der Waals surface area contributed by atoms with Crippen LogP contribution in [0.3, 0.4) is 0 Å². The Labute approximate surface area is 196 Å². The van der Waals surface area contributed by atoms with Gasteiger partial charge in [0.05, 0.1) is 29.8 Å². The maximum Gasteiger partial charge on any atom is 0.257 e. The van der Waals surface area contributed by atoms with Gasteiger partial charge in [-0.05, 0) is 60.5 Å². The molecule has 164 valence electrons. The van der Waals surface area contributed by atoms with Crippen LogP contribution in [0.2, 0.25) is 10.0 Å². The molecular weight excluding hydrogens is 449 g/mol. The van der Waals surface area contributed by atoms with Gasteiger partial charge in [-0.15, -0.1) is 0 Å². The van der Waals surface area contributed by atoms with E-state index in [-0.39, 0.29) is 23.3 Å². The van der Waals surface area contributed by atoms with Crippen LogP contribution in [-0.4, -0.2) is 24.6 Å². The number of hydrogen-bond donors (Lipinski definition) is 2. The monoisotopic (exact) mass is 469 g/mol. The van der Waals surface area contributed by atoms with Crippen LogP contribution < -0.4 is 15.5 Å². The molecule has 0 heterocycles. The zero-order valence-corrected chi connectivity index (χ0v) is 19.0. The summed E-state index contributed by atoms with van der Waals surface area (Å²) in [5, 5.41) is 7.69. The molecule has 0 aliphatic carbocycles. The smallest absolute Gasteiger partial charge is 0.257 e. The highest BCUT2D eigenvalue weighted by Crippen LogP contribution is 2.22. The Morgan fingerprint density at radius 2 is 1.75 bits per heavy atom. The summed E-state index contributed by atoms with van der Waals surface area (Å²) >= 11 is 12.0. The van der Waals surface area contributed by atoms with E-state index in [1.54, 1.807) is 56.5 Å². The molecule has 32 heavy (non-hydrogen) atoms. The largest absolute Gasteiger partial charge is 0.497 e. The van der Waals surface area contributed by atoms with Gasteiger partial charge in [0.25, 0.3) is 5.91 Å². The number of halogens is 2. The van der Waals surface area contributed by atoms with Crippen LogP contribution in [0.5, 0.6) is 5.75 Å².